The van der Waals surface area contributed by atoms with E-state index in [1.165, 1.54) is 22.9 Å². The predicted octanol–water partition coefficient (Wildman–Crippen LogP) is 7.28. The van der Waals surface area contributed by atoms with Crippen molar-refractivity contribution < 1.29 is 22.7 Å². The molecule has 5 aromatic rings. The highest BCUT2D eigenvalue weighted by molar-refractivity contribution is 7.23. The van der Waals surface area contributed by atoms with E-state index in [-0.39, 0.29) is 78.5 Å². The van der Waals surface area contributed by atoms with Gasteiger partial charge < -0.3 is 15.8 Å². The lowest BCUT2D eigenvalue weighted by Gasteiger charge is -2.30. The SMILES string of the molecule is Cc1ccn(C(=O)CCCCNc2nc(OC[C@@]34CCCN3C[C@H](F)C4)nc3c(F)c(-c4ccc(F)c5sc(N)c(C#N)c45)c(Cl)cc23)n1. The molecular weight excluding hydrogens is 677 g/mol. The zero-order chi connectivity index (χ0) is 34.4. The first-order valence-corrected chi connectivity index (χ1v) is 17.2. The van der Waals surface area contributed by atoms with Crippen molar-refractivity contribution in [3.8, 4) is 23.2 Å². The maximum absolute atomic E-state index is 16.8. The number of rotatable bonds is 10. The Morgan fingerprint density at radius 2 is 2.12 bits per heavy atom. The number of hydrogen-bond donors (Lipinski definition) is 2. The normalized spacial score (nSPS) is 19.1. The van der Waals surface area contributed by atoms with E-state index < -0.39 is 23.3 Å². The highest BCUT2D eigenvalue weighted by Crippen LogP contribution is 2.46. The number of nitrogens with two attached hydrogens (primary N) is 1. The molecule has 3 aromatic heterocycles. The summed E-state index contributed by atoms with van der Waals surface area (Å²) in [5.74, 6) is -1.27. The molecular formula is C34H32ClF3N8O2S. The number of carbonyl (C=O) groups is 1. The second kappa shape index (κ2) is 13.1. The average Bonchev–Trinajstić information content (AvgIpc) is 3.83. The first kappa shape index (κ1) is 33.1. The number of fused-ring (bicyclic) bond motifs is 3. The molecule has 0 bridgehead atoms. The maximum Gasteiger partial charge on any atom is 0.319 e. The van der Waals surface area contributed by atoms with Crippen LogP contribution in [0.1, 0.15) is 54.6 Å². The van der Waals surface area contributed by atoms with Crippen LogP contribution in [0.5, 0.6) is 6.01 Å². The molecule has 254 valence electrons. The van der Waals surface area contributed by atoms with Crippen LogP contribution in [0, 0.1) is 29.9 Å². The van der Waals surface area contributed by atoms with E-state index in [9.17, 15) is 18.8 Å². The van der Waals surface area contributed by atoms with Crippen LogP contribution in [0.4, 0.5) is 24.0 Å². The molecule has 2 fully saturated rings. The number of benzene rings is 2. The molecule has 0 saturated carbocycles. The van der Waals surface area contributed by atoms with Gasteiger partial charge in [0, 0.05) is 48.5 Å². The summed E-state index contributed by atoms with van der Waals surface area (Å²) >= 11 is 7.65. The van der Waals surface area contributed by atoms with E-state index in [2.05, 4.69) is 25.3 Å². The van der Waals surface area contributed by atoms with Crippen LogP contribution in [0.2, 0.25) is 5.02 Å². The predicted molar refractivity (Wildman–Crippen MR) is 183 cm³/mol. The highest BCUT2D eigenvalue weighted by Gasteiger charge is 2.49. The molecule has 3 N–H and O–H groups in total. The number of unbranched alkanes of at least 4 members (excludes halogenated alkanes) is 1. The summed E-state index contributed by atoms with van der Waals surface area (Å²) in [6.45, 7) is 3.45. The first-order valence-electron chi connectivity index (χ1n) is 16.0. The van der Waals surface area contributed by atoms with Crippen LogP contribution < -0.4 is 15.8 Å². The second-order valence-electron chi connectivity index (χ2n) is 12.6. The van der Waals surface area contributed by atoms with Gasteiger partial charge in [0.05, 0.1) is 26.5 Å². The molecule has 2 atom stereocenters. The number of hydrogen-bond acceptors (Lipinski definition) is 10. The Morgan fingerprint density at radius 1 is 1.29 bits per heavy atom. The van der Waals surface area contributed by atoms with Gasteiger partial charge in [0.15, 0.2) is 5.82 Å². The maximum atomic E-state index is 16.8. The number of anilines is 2. The lowest BCUT2D eigenvalue weighted by Crippen LogP contribution is -2.43. The van der Waals surface area contributed by atoms with Gasteiger partial charge in [-0.2, -0.15) is 20.3 Å². The van der Waals surface area contributed by atoms with Crippen LogP contribution >= 0.6 is 22.9 Å². The van der Waals surface area contributed by atoms with Gasteiger partial charge in [-0.3, -0.25) is 9.69 Å². The zero-order valence-corrected chi connectivity index (χ0v) is 28.1. The molecule has 10 nitrogen and oxygen atoms in total. The third kappa shape index (κ3) is 6.04. The number of alkyl halides is 1. The molecule has 0 unspecified atom stereocenters. The van der Waals surface area contributed by atoms with Gasteiger partial charge in [0.2, 0.25) is 5.91 Å². The molecule has 0 spiro atoms. The van der Waals surface area contributed by atoms with Gasteiger partial charge in [0.1, 0.15) is 41.0 Å². The van der Waals surface area contributed by atoms with E-state index in [1.807, 2.05) is 13.0 Å². The Bertz CT molecular complexity index is 2150. The third-order valence-corrected chi connectivity index (χ3v) is 10.7. The third-order valence-electron chi connectivity index (χ3n) is 9.38. The number of aryl methyl sites for hydroxylation is 1. The van der Waals surface area contributed by atoms with Gasteiger partial charge in [-0.15, -0.1) is 11.3 Å². The fraction of sp³-hybridized carbons (Fsp3) is 0.382. The largest absolute Gasteiger partial charge is 0.461 e. The van der Waals surface area contributed by atoms with E-state index in [1.54, 1.807) is 12.3 Å². The number of nitrogen functional groups attached to an aromatic ring is 1. The smallest absolute Gasteiger partial charge is 0.319 e. The zero-order valence-electron chi connectivity index (χ0n) is 26.5. The molecule has 0 amide bonds. The van der Waals surface area contributed by atoms with Crippen molar-refractivity contribution in [2.75, 3.05) is 37.3 Å². The summed E-state index contributed by atoms with van der Waals surface area (Å²) in [5.41, 5.74) is 6.35. The van der Waals surface area contributed by atoms with Gasteiger partial charge in [-0.25, -0.2) is 17.9 Å². The fourth-order valence-corrected chi connectivity index (χ4v) is 8.30. The minimum absolute atomic E-state index is 0.00701. The van der Waals surface area contributed by atoms with Gasteiger partial charge in [-0.1, -0.05) is 17.7 Å². The highest BCUT2D eigenvalue weighted by atomic mass is 35.5. The Labute approximate surface area is 288 Å². The van der Waals surface area contributed by atoms with Crippen molar-refractivity contribution in [2.24, 2.45) is 0 Å². The monoisotopic (exact) mass is 708 g/mol. The Kier molecular flexibility index (Phi) is 8.85. The number of ether oxygens (including phenoxy) is 1. The van der Waals surface area contributed by atoms with E-state index in [0.717, 1.165) is 36.4 Å². The molecule has 2 aliphatic rings. The summed E-state index contributed by atoms with van der Waals surface area (Å²) in [7, 11) is 0. The topological polar surface area (TPSA) is 135 Å². The minimum Gasteiger partial charge on any atom is -0.461 e. The number of nitriles is 1. The second-order valence-corrected chi connectivity index (χ2v) is 14.1. The quantitative estimate of drug-likeness (QED) is 0.144. The molecule has 0 aliphatic carbocycles. The number of nitrogens with zero attached hydrogens (tertiary/aromatic N) is 6. The number of halogens is 4. The number of nitrogens with one attached hydrogen (secondary N) is 1. The van der Waals surface area contributed by atoms with Gasteiger partial charge in [0.25, 0.3) is 0 Å². The van der Waals surface area contributed by atoms with Crippen LogP contribution in [0.15, 0.2) is 30.5 Å². The van der Waals surface area contributed by atoms with Crippen molar-refractivity contribution in [3.63, 3.8) is 0 Å². The van der Waals surface area contributed by atoms with Gasteiger partial charge in [-0.05, 0) is 62.9 Å². The Balaban J connectivity index is 1.23. The van der Waals surface area contributed by atoms with Crippen molar-refractivity contribution in [1.29, 1.82) is 5.26 Å². The Hall–Kier alpha value is -4.45. The lowest BCUT2D eigenvalue weighted by atomic mass is 9.95. The van der Waals surface area contributed by atoms with Crippen molar-refractivity contribution >= 4 is 60.7 Å². The van der Waals surface area contributed by atoms with Crippen LogP contribution in [-0.2, 0) is 0 Å². The van der Waals surface area contributed by atoms with Crippen molar-refractivity contribution in [3.05, 3.63) is 58.4 Å². The van der Waals surface area contributed by atoms with Crippen molar-refractivity contribution in [1.82, 2.24) is 24.6 Å². The Morgan fingerprint density at radius 3 is 2.90 bits per heavy atom. The summed E-state index contributed by atoms with van der Waals surface area (Å²) in [6.07, 6.45) is 4.12. The summed E-state index contributed by atoms with van der Waals surface area (Å²) < 4.78 is 53.6. The molecule has 15 heteroatoms. The number of aromatic nitrogens is 4. The van der Waals surface area contributed by atoms with Crippen LogP contribution in [0.25, 0.3) is 32.1 Å². The number of carbonyl (C=O) groups excluding carboxylic acids is 1. The molecule has 7 rings (SSSR count). The molecule has 2 saturated heterocycles. The van der Waals surface area contributed by atoms with Crippen molar-refractivity contribution in [2.45, 2.75) is 57.2 Å². The number of thiophene rings is 1. The average molecular weight is 709 g/mol. The molecule has 2 aliphatic heterocycles. The van der Waals surface area contributed by atoms with Crippen LogP contribution in [0.3, 0.4) is 0 Å². The van der Waals surface area contributed by atoms with Gasteiger partial charge >= 0.3 is 6.01 Å². The fourth-order valence-electron chi connectivity index (χ4n) is 7.05. The molecule has 2 aromatic carbocycles. The molecule has 5 heterocycles. The van der Waals surface area contributed by atoms with Crippen LogP contribution in [-0.4, -0.2) is 68.5 Å². The molecule has 49 heavy (non-hydrogen) atoms. The molecule has 0 radical (unpaired) electrons. The lowest BCUT2D eigenvalue weighted by molar-refractivity contribution is 0.0883. The minimum atomic E-state index is -0.956. The summed E-state index contributed by atoms with van der Waals surface area (Å²) in [6, 6.07) is 7.73. The summed E-state index contributed by atoms with van der Waals surface area (Å²) in [4.78, 5) is 23.6. The van der Waals surface area contributed by atoms with E-state index in [0.29, 0.717) is 32.4 Å². The van der Waals surface area contributed by atoms with E-state index >= 15 is 4.39 Å². The van der Waals surface area contributed by atoms with E-state index in [4.69, 9.17) is 22.1 Å². The standard InChI is InChI=1S/C34H32ClF3N8O2S/c1-18-8-12-46(44-18)25(47)5-2-3-10-41-32-21-13-23(35)27(20-6-7-24(37)30-26(20)22(15-39)31(40)49-30)28(38)29(21)42-33(43-32)48-17-34-9-4-11-45(34)16-19(36)14-34/h6-8,12-13,19H,2-5,9-11,14,16-17,40H2,1H3,(H,41,42,43)/t19-,34+/m1/s1. The first-order chi connectivity index (χ1) is 23.6. The summed E-state index contributed by atoms with van der Waals surface area (Å²) in [5, 5.41) is 17.7.